The molecule has 15 aliphatic heterocycles. The summed E-state index contributed by atoms with van der Waals surface area (Å²) in [7, 11) is 28.8. The number of nitrogens with one attached hydrogen (secondary N) is 1. The van der Waals surface area contributed by atoms with Gasteiger partial charge in [0.25, 0.3) is 0 Å². The van der Waals surface area contributed by atoms with Crippen molar-refractivity contribution in [2.45, 2.75) is 332 Å². The molecule has 0 radical (unpaired) electrons. The van der Waals surface area contributed by atoms with E-state index >= 15 is 0 Å². The molecule has 8 atom stereocenters. The van der Waals surface area contributed by atoms with Crippen LogP contribution in [-0.4, -0.2) is 455 Å². The number of hydrogen-bond acceptors (Lipinski definition) is 19. The van der Waals surface area contributed by atoms with Crippen molar-refractivity contribution in [3.05, 3.63) is 0 Å². The molecular weight excluding hydrogens is 1530 g/mol. The molecule has 15 fully saturated rings. The van der Waals surface area contributed by atoms with Crippen LogP contribution < -0.4 is 5.32 Å². The molecule has 19 heteroatoms. The second-order valence-electron chi connectivity index (χ2n) is 46.2. The zero-order valence-electron chi connectivity index (χ0n) is 88.5. The zero-order chi connectivity index (χ0) is 91.0. The molecule has 0 aromatic rings. The van der Waals surface area contributed by atoms with Gasteiger partial charge in [0.2, 0.25) is 0 Å². The number of likely N-dealkylation sites (N-methyl/N-ethyl adjacent to an activating group) is 7. The van der Waals surface area contributed by atoms with Crippen LogP contribution in [-0.2, 0) is 0 Å². The fraction of sp³-hybridized carbons (Fsp3) is 1.00. The largest absolute Gasteiger partial charge is 0.309 e. The smallest absolute Gasteiger partial charge is 0.0324 e. The molecule has 15 rings (SSSR count). The third kappa shape index (κ3) is 44.6. The number of hydrogen-bond donors (Lipinski definition) is 1. The lowest BCUT2D eigenvalue weighted by Crippen LogP contribution is -2.72. The van der Waals surface area contributed by atoms with Crippen LogP contribution in [0.2, 0.25) is 0 Å². The van der Waals surface area contributed by atoms with Gasteiger partial charge in [-0.25, -0.2) is 0 Å². The fourth-order valence-electron chi connectivity index (χ4n) is 20.9. The summed E-state index contributed by atoms with van der Waals surface area (Å²) in [6, 6.07) is 9.81. The first-order valence-electron chi connectivity index (χ1n) is 51.1. The molecule has 1 N–H and O–H groups in total. The van der Waals surface area contributed by atoms with Crippen molar-refractivity contribution < 1.29 is 0 Å². The van der Waals surface area contributed by atoms with Crippen LogP contribution in [0.15, 0.2) is 0 Å². The molecule has 0 aliphatic carbocycles. The van der Waals surface area contributed by atoms with Crippen molar-refractivity contribution in [1.29, 1.82) is 0 Å². The second-order valence-corrected chi connectivity index (χ2v) is 46.2. The molecule has 15 aliphatic rings. The Balaban J connectivity index is 0.000000676. The molecule has 15 heterocycles. The summed E-state index contributed by atoms with van der Waals surface area (Å²) in [4.78, 5) is 44.5. The quantitative estimate of drug-likeness (QED) is 0.159. The minimum Gasteiger partial charge on any atom is -0.309 e. The lowest BCUT2D eigenvalue weighted by molar-refractivity contribution is -0.115. The predicted molar refractivity (Wildman–Crippen MR) is 553 cm³/mol. The van der Waals surface area contributed by atoms with E-state index in [0.29, 0.717) is 18.1 Å². The van der Waals surface area contributed by atoms with Crippen molar-refractivity contribution in [2.24, 2.45) is 70.5 Å². The Morgan fingerprint density at radius 1 is 0.282 bits per heavy atom. The maximum Gasteiger partial charge on any atom is 0.0324 e. The number of piperidine rings is 1. The van der Waals surface area contributed by atoms with Gasteiger partial charge in [0.1, 0.15) is 0 Å². The summed E-state index contributed by atoms with van der Waals surface area (Å²) in [5, 5.41) is 3.47. The van der Waals surface area contributed by atoms with Gasteiger partial charge in [-0.3, -0.25) is 29.4 Å². The molecule has 744 valence electrons. The van der Waals surface area contributed by atoms with E-state index in [1.54, 1.807) is 0 Å². The van der Waals surface area contributed by atoms with E-state index < -0.39 is 0 Å². The van der Waals surface area contributed by atoms with Crippen molar-refractivity contribution in [3.63, 3.8) is 0 Å². The molecular formula is C105H229N19. The lowest BCUT2D eigenvalue weighted by Gasteiger charge is -2.60. The molecule has 1 spiro atoms. The van der Waals surface area contributed by atoms with Crippen LogP contribution in [0.1, 0.15) is 253 Å². The Bertz CT molecular complexity index is 2450. The predicted octanol–water partition coefficient (Wildman–Crippen LogP) is 15.7. The van der Waals surface area contributed by atoms with Gasteiger partial charge in [-0.2, -0.15) is 0 Å². The van der Waals surface area contributed by atoms with Crippen LogP contribution in [0.25, 0.3) is 0 Å². The Kier molecular flexibility index (Phi) is 59.9. The SMILES string of the molecule is C.C.C.CC(C)C1CCN(C)CC1.CC(C)C1CN(C)C1.CC(C)N(C)[C@@H]1CCN(C)C1.CC(C)N(C)[C@H]1CCN(C)C1.CC(C)N1CC2(CN(C)C2)C1.CC(C)N1CC2CN(C)CC2C1.CC(C)N1CCN(C)CC1.CC(C)N1C[C@H]2CC[C@@H](C1)N2C.CC(C)NC1CN(C)C1.CC(C)[C@@H]1CCN(C)C1.CC(C)[C@H]1CCN(C)C1.CCC1CN(C(C)C)C1. The topological polar surface area (TPSA) is 70.4 Å². The summed E-state index contributed by atoms with van der Waals surface area (Å²) in [5.41, 5.74) is 0.721. The van der Waals surface area contributed by atoms with Gasteiger partial charge in [-0.15, -0.1) is 0 Å². The minimum absolute atomic E-state index is 0. The van der Waals surface area contributed by atoms with Crippen LogP contribution >= 0.6 is 0 Å². The second kappa shape index (κ2) is 61.3. The average Bonchev–Trinajstić information content (AvgIpc) is 1.55. The molecule has 0 saturated carbocycles. The molecule has 0 aromatic heterocycles. The summed E-state index contributed by atoms with van der Waals surface area (Å²) in [6.45, 7) is 96.1. The molecule has 0 aromatic carbocycles. The van der Waals surface area contributed by atoms with Gasteiger partial charge < -0.3 is 64.1 Å². The first kappa shape index (κ1) is 121. The fourth-order valence-corrected chi connectivity index (χ4v) is 20.9. The third-order valence-corrected chi connectivity index (χ3v) is 31.2. The van der Waals surface area contributed by atoms with E-state index in [1.807, 2.05) is 0 Å². The number of likely N-dealkylation sites (tertiary alicyclic amines) is 13. The van der Waals surface area contributed by atoms with Gasteiger partial charge in [-0.1, -0.05) is 105 Å². The average molecular weight is 1760 g/mol. The maximum absolute atomic E-state index is 3.47. The van der Waals surface area contributed by atoms with Crippen molar-refractivity contribution >= 4 is 0 Å². The van der Waals surface area contributed by atoms with Crippen molar-refractivity contribution in [3.8, 4) is 0 Å². The van der Waals surface area contributed by atoms with Gasteiger partial charge in [0, 0.05) is 241 Å². The normalized spacial score (nSPS) is 28.0. The molecule has 0 amide bonds. The monoisotopic (exact) mass is 1760 g/mol. The molecule has 15 saturated heterocycles. The van der Waals surface area contributed by atoms with E-state index in [-0.39, 0.29) is 22.3 Å². The lowest BCUT2D eigenvalue weighted by atomic mass is 9.72. The van der Waals surface area contributed by atoms with E-state index in [0.717, 1.165) is 131 Å². The van der Waals surface area contributed by atoms with E-state index in [2.05, 4.69) is 358 Å². The summed E-state index contributed by atoms with van der Waals surface area (Å²) >= 11 is 0. The maximum atomic E-state index is 3.47. The number of rotatable bonds is 16. The first-order chi connectivity index (χ1) is 56.6. The summed E-state index contributed by atoms with van der Waals surface area (Å²) in [5.74, 6) is 10.4. The standard InChI is InChI=1S/2C10H20N2.C9H18N2.2C9H20N2.C9H19N.C8H18N2.3C8H17N.C7H16N2.C7H15N.3CH4/c1-8(2)12-6-9-4-11(3)5-10(9)7-12;1-8(2)12-6-9-4-5-10(7-12)11(9)3;1-8(2)11-6-9(7-11)4-10(3)5-9;2*1-8(2)11(4)9-5-6-10(3)7-9;1-8(2)9-4-6-10(3)7-5-9;1-8(2)10-6-4-9(3)5-7-10;2*1-7(2)8-4-5-9(3)6-8;1-4-8-5-9(6-8)7(2)3;1-6(2)8-7-4-9(3)5-7;1-6(2)7-4-8(3)5-7;;;/h2*8-10H,4-7H2,1-3H3;8H,4-7H2,1-3H3;2*8-9H,5-7H2,1-4H3;8-9H,4-7H2,1-3H3;8H,4-7H2,1-3H3;3*7-8H,4-6H2,1-3H3;6-8H,4-5H2,1-3H3;6-7H,4-5H2,1-3H3;3*1H4/t;9-,10+;;2*9-;;;2*8-;;;;;;/m...10..10....../s1. The highest BCUT2D eigenvalue weighted by atomic mass is 15.3. The Hall–Kier alpha value is -0.760. The van der Waals surface area contributed by atoms with Crippen LogP contribution in [0, 0.1) is 70.5 Å². The molecule has 2 bridgehead atoms. The molecule has 2 unspecified atom stereocenters. The molecule has 19 nitrogen and oxygen atoms in total. The first-order valence-corrected chi connectivity index (χ1v) is 51.1. The van der Waals surface area contributed by atoms with Gasteiger partial charge in [-0.05, 0) is 344 Å². The van der Waals surface area contributed by atoms with Gasteiger partial charge in [0.05, 0.1) is 0 Å². The highest BCUT2D eigenvalue weighted by molar-refractivity contribution is 5.05. The Morgan fingerprint density at radius 2 is 0.597 bits per heavy atom. The third-order valence-electron chi connectivity index (χ3n) is 31.2. The van der Waals surface area contributed by atoms with Crippen molar-refractivity contribution in [2.75, 3.05) is 288 Å². The van der Waals surface area contributed by atoms with E-state index in [4.69, 9.17) is 0 Å². The summed E-state index contributed by atoms with van der Waals surface area (Å²) < 4.78 is 0. The Morgan fingerprint density at radius 3 is 0.879 bits per heavy atom. The van der Waals surface area contributed by atoms with Crippen LogP contribution in [0.4, 0.5) is 0 Å². The van der Waals surface area contributed by atoms with E-state index in [9.17, 15) is 0 Å². The number of nitrogens with zero attached hydrogens (tertiary/aromatic N) is 18. The minimum atomic E-state index is 0. The van der Waals surface area contributed by atoms with E-state index in [1.165, 1.54) is 254 Å². The summed E-state index contributed by atoms with van der Waals surface area (Å²) in [6.07, 6.45) is 12.5. The van der Waals surface area contributed by atoms with Gasteiger partial charge in [0.15, 0.2) is 0 Å². The Labute approximate surface area is 779 Å². The highest BCUT2D eigenvalue weighted by Gasteiger charge is 2.51. The number of fused-ring (bicyclic) bond motifs is 3. The van der Waals surface area contributed by atoms with Gasteiger partial charge >= 0.3 is 0 Å². The van der Waals surface area contributed by atoms with Crippen molar-refractivity contribution in [1.82, 2.24) is 93.5 Å². The zero-order valence-corrected chi connectivity index (χ0v) is 88.5. The van der Waals surface area contributed by atoms with Crippen LogP contribution in [0.3, 0.4) is 0 Å². The van der Waals surface area contributed by atoms with Crippen LogP contribution in [0.5, 0.6) is 0 Å². The number of piperazine rings is 2. The highest BCUT2D eigenvalue weighted by Crippen LogP contribution is 2.40. The molecule has 124 heavy (non-hydrogen) atoms.